The Kier molecular flexibility index (Phi) is 6.36. The maximum Gasteiger partial charge on any atom is 0.307 e. The Morgan fingerprint density at radius 2 is 1.83 bits per heavy atom. The second-order valence-electron chi connectivity index (χ2n) is 6.69. The average molecular weight is 389 g/mol. The normalized spacial score (nSPS) is 10.6. The van der Waals surface area contributed by atoms with E-state index in [4.69, 9.17) is 10.8 Å². The van der Waals surface area contributed by atoms with E-state index in [1.807, 2.05) is 37.3 Å². The molecule has 0 bridgehead atoms. The molecule has 0 fully saturated rings. The third-order valence-electron chi connectivity index (χ3n) is 4.59. The van der Waals surface area contributed by atoms with E-state index in [2.05, 4.69) is 10.3 Å². The second kappa shape index (κ2) is 9.12. The zero-order chi connectivity index (χ0) is 20.8. The van der Waals surface area contributed by atoms with Crippen LogP contribution in [0.2, 0.25) is 0 Å². The highest BCUT2D eigenvalue weighted by atomic mass is 16.4. The number of carboxylic acids is 1. The van der Waals surface area contributed by atoms with E-state index < -0.39 is 5.97 Å². The number of nitrogens with zero attached hydrogens (tertiary/aromatic N) is 1. The summed E-state index contributed by atoms with van der Waals surface area (Å²) in [6, 6.07) is 18.3. The van der Waals surface area contributed by atoms with E-state index >= 15 is 0 Å². The third-order valence-corrected chi connectivity index (χ3v) is 4.59. The summed E-state index contributed by atoms with van der Waals surface area (Å²) in [5, 5.41) is 11.9. The smallest absolute Gasteiger partial charge is 0.307 e. The molecule has 6 nitrogen and oxygen atoms in total. The lowest BCUT2D eigenvalue weighted by atomic mass is 10.0. The van der Waals surface area contributed by atoms with Crippen molar-refractivity contribution in [2.45, 2.75) is 26.3 Å². The molecule has 0 saturated heterocycles. The number of aliphatic carboxylic acids is 1. The largest absolute Gasteiger partial charge is 0.481 e. The van der Waals surface area contributed by atoms with Gasteiger partial charge in [0.1, 0.15) is 5.69 Å². The molecular formula is C23H23N3O3. The molecule has 0 spiro atoms. The van der Waals surface area contributed by atoms with Crippen LogP contribution < -0.4 is 11.1 Å². The van der Waals surface area contributed by atoms with Crippen LogP contribution in [0.25, 0.3) is 11.3 Å². The minimum Gasteiger partial charge on any atom is -0.481 e. The Morgan fingerprint density at radius 1 is 1.03 bits per heavy atom. The van der Waals surface area contributed by atoms with Crippen LogP contribution in [-0.2, 0) is 24.2 Å². The highest BCUT2D eigenvalue weighted by Gasteiger charge is 2.14. The summed E-state index contributed by atoms with van der Waals surface area (Å²) in [6.45, 7) is 2.44. The van der Waals surface area contributed by atoms with Crippen LogP contribution in [0.5, 0.6) is 0 Å². The van der Waals surface area contributed by atoms with Crippen LogP contribution >= 0.6 is 0 Å². The standard InChI is InChI=1S/C23H23N3O3/c1-2-15-11-20(17-8-5-6-16(10-17)14-24)25-21(12-15)23(29)26-19-9-4-3-7-18(19)13-22(27)28/h3-12H,2,13-14,24H2,1H3,(H,26,29)(H,27,28). The Bertz CT molecular complexity index is 1050. The van der Waals surface area contributed by atoms with Crippen molar-refractivity contribution in [1.82, 2.24) is 4.98 Å². The SMILES string of the molecule is CCc1cc(C(=O)Nc2ccccc2CC(=O)O)nc(-c2cccc(CN)c2)c1. The van der Waals surface area contributed by atoms with E-state index in [-0.39, 0.29) is 18.0 Å². The molecule has 1 aromatic heterocycles. The van der Waals surface area contributed by atoms with Crippen molar-refractivity contribution in [1.29, 1.82) is 0 Å². The molecule has 0 aliphatic heterocycles. The summed E-state index contributed by atoms with van der Waals surface area (Å²) >= 11 is 0. The van der Waals surface area contributed by atoms with Gasteiger partial charge in [-0.3, -0.25) is 9.59 Å². The number of carbonyl (C=O) groups is 2. The minimum atomic E-state index is -0.958. The number of para-hydroxylation sites is 1. The lowest BCUT2D eigenvalue weighted by Crippen LogP contribution is -2.16. The van der Waals surface area contributed by atoms with Crippen LogP contribution in [0.4, 0.5) is 5.69 Å². The summed E-state index contributed by atoms with van der Waals surface area (Å²) in [5.74, 6) is -1.34. The summed E-state index contributed by atoms with van der Waals surface area (Å²) in [5.41, 5.74) is 10.6. The number of hydrogen-bond donors (Lipinski definition) is 3. The molecule has 3 rings (SSSR count). The quantitative estimate of drug-likeness (QED) is 0.572. The second-order valence-corrected chi connectivity index (χ2v) is 6.69. The number of aryl methyl sites for hydroxylation is 1. The van der Waals surface area contributed by atoms with Crippen molar-refractivity contribution < 1.29 is 14.7 Å². The molecule has 0 radical (unpaired) electrons. The van der Waals surface area contributed by atoms with E-state index in [1.165, 1.54) is 0 Å². The van der Waals surface area contributed by atoms with E-state index in [1.54, 1.807) is 30.3 Å². The van der Waals surface area contributed by atoms with Crippen LogP contribution in [0.3, 0.4) is 0 Å². The lowest BCUT2D eigenvalue weighted by molar-refractivity contribution is -0.136. The highest BCUT2D eigenvalue weighted by molar-refractivity contribution is 6.04. The predicted octanol–water partition coefficient (Wildman–Crippen LogP) is 3.65. The molecule has 148 valence electrons. The molecule has 1 heterocycles. The van der Waals surface area contributed by atoms with Crippen molar-refractivity contribution >= 4 is 17.6 Å². The maximum absolute atomic E-state index is 12.9. The van der Waals surface area contributed by atoms with Crippen LogP contribution in [-0.4, -0.2) is 22.0 Å². The highest BCUT2D eigenvalue weighted by Crippen LogP contribution is 2.22. The number of rotatable bonds is 7. The fourth-order valence-electron chi connectivity index (χ4n) is 3.06. The molecule has 2 aromatic carbocycles. The molecule has 29 heavy (non-hydrogen) atoms. The van der Waals surface area contributed by atoms with Crippen LogP contribution in [0.1, 0.15) is 34.1 Å². The Balaban J connectivity index is 1.94. The Hall–Kier alpha value is -3.51. The first-order valence-corrected chi connectivity index (χ1v) is 9.41. The van der Waals surface area contributed by atoms with Gasteiger partial charge < -0.3 is 16.2 Å². The van der Waals surface area contributed by atoms with Gasteiger partial charge in [-0.2, -0.15) is 0 Å². The zero-order valence-corrected chi connectivity index (χ0v) is 16.2. The minimum absolute atomic E-state index is 0.171. The number of amides is 1. The van der Waals surface area contributed by atoms with Crippen molar-refractivity contribution in [3.8, 4) is 11.3 Å². The molecule has 0 atom stereocenters. The van der Waals surface area contributed by atoms with Crippen molar-refractivity contribution in [2.24, 2.45) is 5.73 Å². The van der Waals surface area contributed by atoms with E-state index in [9.17, 15) is 9.59 Å². The molecule has 3 aromatic rings. The summed E-state index contributed by atoms with van der Waals surface area (Å²) in [4.78, 5) is 28.5. The topological polar surface area (TPSA) is 105 Å². The van der Waals surface area contributed by atoms with Gasteiger partial charge >= 0.3 is 5.97 Å². The number of benzene rings is 2. The zero-order valence-electron chi connectivity index (χ0n) is 16.2. The summed E-state index contributed by atoms with van der Waals surface area (Å²) in [6.07, 6.45) is 0.581. The first-order valence-electron chi connectivity index (χ1n) is 9.41. The molecule has 0 aliphatic carbocycles. The van der Waals surface area contributed by atoms with Crippen molar-refractivity contribution in [2.75, 3.05) is 5.32 Å². The number of carbonyl (C=O) groups excluding carboxylic acids is 1. The van der Waals surface area contributed by atoms with Gasteiger partial charge in [0.25, 0.3) is 5.91 Å². The molecule has 4 N–H and O–H groups in total. The number of aromatic nitrogens is 1. The van der Waals surface area contributed by atoms with Gasteiger partial charge in [-0.25, -0.2) is 4.98 Å². The lowest BCUT2D eigenvalue weighted by Gasteiger charge is -2.12. The number of pyridine rings is 1. The van der Waals surface area contributed by atoms with Gasteiger partial charge in [0.15, 0.2) is 0 Å². The molecule has 6 heteroatoms. The van der Waals surface area contributed by atoms with Gasteiger partial charge in [-0.15, -0.1) is 0 Å². The molecule has 0 saturated carbocycles. The first kappa shape index (κ1) is 20.2. The van der Waals surface area contributed by atoms with Crippen LogP contribution in [0.15, 0.2) is 60.7 Å². The van der Waals surface area contributed by atoms with Crippen molar-refractivity contribution in [3.05, 3.63) is 83.0 Å². The number of nitrogens with two attached hydrogens (primary N) is 1. The van der Waals surface area contributed by atoms with E-state index in [0.29, 0.717) is 23.5 Å². The van der Waals surface area contributed by atoms with Crippen LogP contribution in [0, 0.1) is 0 Å². The van der Waals surface area contributed by atoms with Gasteiger partial charge in [0.2, 0.25) is 0 Å². The average Bonchev–Trinajstić information content (AvgIpc) is 2.74. The number of hydrogen-bond acceptors (Lipinski definition) is 4. The molecule has 1 amide bonds. The summed E-state index contributed by atoms with van der Waals surface area (Å²) < 4.78 is 0. The van der Waals surface area contributed by atoms with Gasteiger partial charge in [-0.05, 0) is 47.4 Å². The molecule has 0 aliphatic rings. The number of carboxylic acid groups (broad SMARTS) is 1. The molecule has 0 unspecified atom stereocenters. The van der Waals surface area contributed by atoms with E-state index in [0.717, 1.165) is 23.1 Å². The van der Waals surface area contributed by atoms with Gasteiger partial charge in [-0.1, -0.05) is 43.3 Å². The Morgan fingerprint density at radius 3 is 2.55 bits per heavy atom. The fourth-order valence-corrected chi connectivity index (χ4v) is 3.06. The Labute approximate surface area is 169 Å². The maximum atomic E-state index is 12.9. The number of nitrogens with one attached hydrogen (secondary N) is 1. The third kappa shape index (κ3) is 5.06. The predicted molar refractivity (Wildman–Crippen MR) is 113 cm³/mol. The monoisotopic (exact) mass is 389 g/mol. The van der Waals surface area contributed by atoms with Crippen molar-refractivity contribution in [3.63, 3.8) is 0 Å². The first-order chi connectivity index (χ1) is 14.0. The molecular weight excluding hydrogens is 366 g/mol. The van der Waals surface area contributed by atoms with Gasteiger partial charge in [0, 0.05) is 17.8 Å². The summed E-state index contributed by atoms with van der Waals surface area (Å²) in [7, 11) is 0. The number of anilines is 1. The van der Waals surface area contributed by atoms with Gasteiger partial charge in [0.05, 0.1) is 12.1 Å². The fraction of sp³-hybridized carbons (Fsp3) is 0.174.